The minimum Gasteiger partial charge on any atom is -0.369 e. The topological polar surface area (TPSA) is 166 Å². The lowest BCUT2D eigenvalue weighted by atomic mass is 10.00. The van der Waals surface area contributed by atoms with Gasteiger partial charge in [-0.15, -0.1) is 6.58 Å². The quantitative estimate of drug-likeness (QED) is 0.362. The fraction of sp³-hybridized carbons (Fsp3) is 0.778. The molecule has 22 heavy (non-hydrogen) atoms. The number of hydrogen-bond donors (Lipinski definition) is 3. The van der Waals surface area contributed by atoms with Crippen molar-refractivity contribution < 1.29 is 48.9 Å². The first-order valence-electron chi connectivity index (χ1n) is 5.82. The molecule has 3 N–H and O–H groups in total. The van der Waals surface area contributed by atoms with E-state index in [1.54, 1.807) is 0 Å². The summed E-state index contributed by atoms with van der Waals surface area (Å²) in [7, 11) is -10.1. The summed E-state index contributed by atoms with van der Waals surface area (Å²) in [6.07, 6.45) is -6.68. The first-order valence-corrected chi connectivity index (χ1v) is 8.55. The van der Waals surface area contributed by atoms with Crippen LogP contribution in [-0.4, -0.2) is 68.4 Å². The third kappa shape index (κ3) is 5.86. The van der Waals surface area contributed by atoms with Crippen LogP contribution in [0.5, 0.6) is 0 Å². The normalized spacial score (nSPS) is 33.5. The number of hydrogen-bond acceptors (Lipinski definition) is 9. The maximum absolute atomic E-state index is 10.9. The second kappa shape index (κ2) is 7.29. The molecule has 0 radical (unpaired) electrons. The van der Waals surface area contributed by atoms with E-state index in [1.165, 1.54) is 13.0 Å². The molecule has 0 saturated carbocycles. The van der Waals surface area contributed by atoms with Crippen LogP contribution in [0.2, 0.25) is 0 Å². The molecule has 1 aliphatic rings. The highest BCUT2D eigenvalue weighted by Gasteiger charge is 2.49. The molecule has 1 saturated heterocycles. The van der Waals surface area contributed by atoms with Gasteiger partial charge in [-0.25, -0.2) is 8.37 Å². The average Bonchev–Trinajstić information content (AvgIpc) is 2.30. The molecule has 5 atom stereocenters. The molecule has 1 fully saturated rings. The Labute approximate surface area is 127 Å². The lowest BCUT2D eigenvalue weighted by Gasteiger charge is -2.41. The fourth-order valence-corrected chi connectivity index (χ4v) is 2.88. The largest absolute Gasteiger partial charge is 0.397 e. The molecule has 0 aromatic heterocycles. The van der Waals surface area contributed by atoms with Gasteiger partial charge in [0.25, 0.3) is 0 Å². The minimum absolute atomic E-state index is 0.0988. The molecule has 13 heteroatoms. The summed E-state index contributed by atoms with van der Waals surface area (Å²) in [5, 5.41) is 9.66. The van der Waals surface area contributed by atoms with Crippen LogP contribution in [0.1, 0.15) is 6.92 Å². The first-order chi connectivity index (χ1) is 9.94. The van der Waals surface area contributed by atoms with Gasteiger partial charge < -0.3 is 14.6 Å². The maximum Gasteiger partial charge on any atom is 0.397 e. The third-order valence-corrected chi connectivity index (χ3v) is 3.55. The Morgan fingerprint density at radius 1 is 1.09 bits per heavy atom. The summed E-state index contributed by atoms with van der Waals surface area (Å²) in [5.41, 5.74) is 0. The van der Waals surface area contributed by atoms with E-state index in [-0.39, 0.29) is 6.61 Å². The van der Waals surface area contributed by atoms with Gasteiger partial charge in [0.15, 0.2) is 12.4 Å². The van der Waals surface area contributed by atoms with E-state index in [1.807, 2.05) is 0 Å². The second-order valence-electron chi connectivity index (χ2n) is 4.30. The van der Waals surface area contributed by atoms with E-state index in [2.05, 4.69) is 14.9 Å². The van der Waals surface area contributed by atoms with Crippen molar-refractivity contribution in [2.45, 2.75) is 37.6 Å². The van der Waals surface area contributed by atoms with E-state index in [0.29, 0.717) is 0 Å². The zero-order valence-corrected chi connectivity index (χ0v) is 12.9. The first kappa shape index (κ1) is 19.4. The molecular formula is C9H16O11S2. The van der Waals surface area contributed by atoms with Gasteiger partial charge in [0.1, 0.15) is 12.2 Å². The van der Waals surface area contributed by atoms with Gasteiger partial charge in [-0.2, -0.15) is 16.8 Å². The second-order valence-corrected chi connectivity index (χ2v) is 6.39. The molecule has 11 nitrogen and oxygen atoms in total. The van der Waals surface area contributed by atoms with Gasteiger partial charge in [-0.3, -0.25) is 9.11 Å². The zero-order chi connectivity index (χ0) is 17.1. The molecule has 130 valence electrons. The van der Waals surface area contributed by atoms with E-state index in [9.17, 15) is 21.9 Å². The molecule has 0 aromatic rings. The molecule has 0 aromatic carbocycles. The zero-order valence-electron chi connectivity index (χ0n) is 11.3. The summed E-state index contributed by atoms with van der Waals surface area (Å²) in [6, 6.07) is 0. The highest BCUT2D eigenvalue weighted by Crippen LogP contribution is 2.28. The number of aliphatic hydroxyl groups excluding tert-OH is 1. The van der Waals surface area contributed by atoms with Crippen LogP contribution in [0.3, 0.4) is 0 Å². The lowest BCUT2D eigenvalue weighted by molar-refractivity contribution is -0.273. The van der Waals surface area contributed by atoms with Gasteiger partial charge in [0.2, 0.25) is 0 Å². The standard InChI is InChI=1S/C9H16O11S2/c1-3-4-17-6-5(2)18-9(10)8(20-22(14,15)16)7(6)19-21(11,12)13/h3,5-10H,1,4H2,2H3,(H,11,12,13)(H,14,15,16)/t5-,6-,7+,8+,9+/m0/s1. The van der Waals surface area contributed by atoms with Crippen molar-refractivity contribution >= 4 is 20.8 Å². The Morgan fingerprint density at radius 3 is 2.05 bits per heavy atom. The maximum atomic E-state index is 10.9. The predicted molar refractivity (Wildman–Crippen MR) is 69.3 cm³/mol. The number of rotatable bonds is 7. The van der Waals surface area contributed by atoms with Crippen LogP contribution in [0.25, 0.3) is 0 Å². The van der Waals surface area contributed by atoms with Crippen molar-refractivity contribution in [1.29, 1.82) is 0 Å². The van der Waals surface area contributed by atoms with Gasteiger partial charge >= 0.3 is 20.8 Å². The molecule has 1 heterocycles. The molecule has 0 amide bonds. The van der Waals surface area contributed by atoms with Crippen LogP contribution < -0.4 is 0 Å². The Hall–Kier alpha value is -0.640. The number of ether oxygens (including phenoxy) is 2. The third-order valence-electron chi connectivity index (χ3n) is 2.62. The Balaban J connectivity index is 3.15. The molecule has 1 aliphatic heterocycles. The monoisotopic (exact) mass is 364 g/mol. The van der Waals surface area contributed by atoms with E-state index >= 15 is 0 Å². The Morgan fingerprint density at radius 2 is 1.59 bits per heavy atom. The molecule has 0 bridgehead atoms. The SMILES string of the molecule is C=CCO[C@@H]1[C@@H](OS(=O)(=O)O)[C@@H](OS(=O)(=O)O)[C@H](O)O[C@H]1C. The van der Waals surface area contributed by atoms with Gasteiger partial charge in [0, 0.05) is 0 Å². The summed E-state index contributed by atoms with van der Waals surface area (Å²) >= 11 is 0. The van der Waals surface area contributed by atoms with Crippen molar-refractivity contribution in [1.82, 2.24) is 0 Å². The molecule has 0 spiro atoms. The predicted octanol–water partition coefficient (Wildman–Crippen LogP) is -1.33. The van der Waals surface area contributed by atoms with Gasteiger partial charge in [0.05, 0.1) is 12.7 Å². The van der Waals surface area contributed by atoms with Crippen molar-refractivity contribution in [2.24, 2.45) is 0 Å². The van der Waals surface area contributed by atoms with Crippen molar-refractivity contribution in [3.63, 3.8) is 0 Å². The van der Waals surface area contributed by atoms with Gasteiger partial charge in [-0.05, 0) is 6.92 Å². The molecule has 0 unspecified atom stereocenters. The van der Waals surface area contributed by atoms with Crippen LogP contribution in [-0.2, 0) is 38.6 Å². The summed E-state index contributed by atoms with van der Waals surface area (Å²) in [6.45, 7) is 4.65. The highest BCUT2D eigenvalue weighted by atomic mass is 32.3. The van der Waals surface area contributed by atoms with Crippen LogP contribution in [0.4, 0.5) is 0 Å². The molecule has 1 rings (SSSR count). The van der Waals surface area contributed by atoms with Crippen molar-refractivity contribution in [3.05, 3.63) is 12.7 Å². The van der Waals surface area contributed by atoms with E-state index in [4.69, 9.17) is 18.6 Å². The van der Waals surface area contributed by atoms with Crippen LogP contribution in [0, 0.1) is 0 Å². The Kier molecular flexibility index (Phi) is 6.43. The summed E-state index contributed by atoms with van der Waals surface area (Å²) < 4.78 is 79.5. The summed E-state index contributed by atoms with van der Waals surface area (Å²) in [5.74, 6) is 0. The summed E-state index contributed by atoms with van der Waals surface area (Å²) in [4.78, 5) is 0. The average molecular weight is 364 g/mol. The van der Waals surface area contributed by atoms with Crippen molar-refractivity contribution in [3.8, 4) is 0 Å². The minimum atomic E-state index is -5.08. The smallest absolute Gasteiger partial charge is 0.369 e. The van der Waals surface area contributed by atoms with Crippen LogP contribution in [0.15, 0.2) is 12.7 Å². The lowest BCUT2D eigenvalue weighted by Crippen LogP contribution is -2.60. The molecular weight excluding hydrogens is 348 g/mol. The van der Waals surface area contributed by atoms with Crippen LogP contribution >= 0.6 is 0 Å². The van der Waals surface area contributed by atoms with Gasteiger partial charge in [-0.1, -0.05) is 6.08 Å². The fourth-order valence-electron chi connectivity index (χ4n) is 1.89. The van der Waals surface area contributed by atoms with E-state index < -0.39 is 51.5 Å². The van der Waals surface area contributed by atoms with Crippen molar-refractivity contribution in [2.75, 3.05) is 6.61 Å². The Bertz CT molecular complexity index is 583. The number of aliphatic hydroxyl groups is 1. The highest BCUT2D eigenvalue weighted by molar-refractivity contribution is 7.81. The molecule has 0 aliphatic carbocycles. The van der Waals surface area contributed by atoms with E-state index in [0.717, 1.165) is 0 Å².